The van der Waals surface area contributed by atoms with Crippen LogP contribution in [0, 0.1) is 0 Å². The van der Waals surface area contributed by atoms with Gasteiger partial charge in [0, 0.05) is 0 Å². The largest absolute Gasteiger partial charge is 0.774 e. The second kappa shape index (κ2) is 5.98. The van der Waals surface area contributed by atoms with Gasteiger partial charge in [-0.1, -0.05) is 0 Å². The molecule has 26 heavy (non-hydrogen) atoms. The van der Waals surface area contributed by atoms with Gasteiger partial charge in [-0.3, -0.25) is 0 Å². The van der Waals surface area contributed by atoms with Crippen molar-refractivity contribution < 1.29 is 81.4 Å². The van der Waals surface area contributed by atoms with E-state index in [-0.39, 0.29) is 0 Å². The van der Waals surface area contributed by atoms with Crippen molar-refractivity contribution in [1.82, 2.24) is 0 Å². The summed E-state index contributed by atoms with van der Waals surface area (Å²) in [5.41, 5.74) is -15.2. The van der Waals surface area contributed by atoms with Crippen molar-refractivity contribution in [2.75, 3.05) is 0 Å². The number of hydrogen-bond acceptors (Lipinski definition) is 4. The van der Waals surface area contributed by atoms with Crippen LogP contribution in [0.3, 0.4) is 0 Å². The summed E-state index contributed by atoms with van der Waals surface area (Å²) in [5, 5.41) is 0. The molecule has 20 heteroatoms. The van der Waals surface area contributed by atoms with Crippen LogP contribution in [0.1, 0.15) is 0 Å². The Bertz CT molecular complexity index is 593. The molecule has 0 aromatic heterocycles. The van der Waals surface area contributed by atoms with Crippen molar-refractivity contribution in [3.8, 4) is 0 Å². The molecule has 0 fully saturated rings. The average Bonchev–Trinajstić information content (AvgIpc) is 2.34. The van der Waals surface area contributed by atoms with Gasteiger partial charge < -0.3 is 28.7 Å². The molecule has 0 bridgehead atoms. The molecule has 2 N–H and O–H groups in total. The monoisotopic (exact) mass is 460 g/mol. The molecule has 0 radical (unpaired) electrons. The van der Waals surface area contributed by atoms with Crippen molar-refractivity contribution >= 4 is 15.2 Å². The molecule has 158 valence electrons. The first-order valence-corrected chi connectivity index (χ1v) is 8.25. The Hall–Kier alpha value is -0.540. The molecule has 0 aromatic carbocycles. The fourth-order valence-electron chi connectivity index (χ4n) is 1.13. The summed E-state index contributed by atoms with van der Waals surface area (Å²) in [7, 11) is -16.1. The number of alkyl halides is 12. The molecule has 0 aliphatic heterocycles. The van der Waals surface area contributed by atoms with Gasteiger partial charge in [-0.05, 0) is 0 Å². The summed E-state index contributed by atoms with van der Waals surface area (Å²) < 4.78 is 174. The van der Waals surface area contributed by atoms with E-state index in [1.165, 1.54) is 0 Å². The highest BCUT2D eigenvalue weighted by atomic mass is 31.2. The maximum atomic E-state index is 13.0. The van der Waals surface area contributed by atoms with Gasteiger partial charge in [0.1, 0.15) is 0 Å². The summed E-state index contributed by atoms with van der Waals surface area (Å²) >= 11 is 0. The molecule has 6 nitrogen and oxygen atoms in total. The molecular formula is C6H2F12O6P2-2. The van der Waals surface area contributed by atoms with Gasteiger partial charge in [-0.2, -0.15) is 52.7 Å². The lowest BCUT2D eigenvalue weighted by molar-refractivity contribution is -0.415. The zero-order chi connectivity index (χ0) is 22.0. The Morgan fingerprint density at radius 2 is 0.654 bits per heavy atom. The molecule has 0 saturated heterocycles. The van der Waals surface area contributed by atoms with Gasteiger partial charge in [0.05, 0.1) is 0 Å². The second-order valence-electron chi connectivity index (χ2n) is 4.42. The Morgan fingerprint density at radius 3 is 0.769 bits per heavy atom. The van der Waals surface area contributed by atoms with E-state index < -0.39 is 50.2 Å². The normalized spacial score (nSPS) is 20.5. The first-order valence-electron chi connectivity index (χ1n) is 5.10. The molecule has 2 unspecified atom stereocenters. The van der Waals surface area contributed by atoms with E-state index in [1.54, 1.807) is 0 Å². The molecule has 0 heterocycles. The van der Waals surface area contributed by atoms with E-state index in [2.05, 4.69) is 0 Å². The summed E-state index contributed by atoms with van der Waals surface area (Å²) in [6.07, 6.45) is 0. The zero-order valence-corrected chi connectivity index (χ0v) is 12.7. The first kappa shape index (κ1) is 25.5. The lowest BCUT2D eigenvalue weighted by Crippen LogP contribution is -2.70. The lowest BCUT2D eigenvalue weighted by atomic mass is 9.98. The molecule has 0 spiro atoms. The van der Waals surface area contributed by atoms with E-state index in [4.69, 9.17) is 9.79 Å². The molecule has 2 atom stereocenters. The summed E-state index contributed by atoms with van der Waals surface area (Å²) in [6.45, 7) is 0. The SMILES string of the molecule is O=P([O-])(O)C(F)(F)C(F)(F)C(F)(F)C(F)(F)C(F)(F)C(F)(F)P(=O)([O-])O. The van der Waals surface area contributed by atoms with Crippen molar-refractivity contribution in [2.45, 2.75) is 35.0 Å². The first-order chi connectivity index (χ1) is 10.8. The smallest absolute Gasteiger partial charge is 0.386 e. The third-order valence-corrected chi connectivity index (χ3v) is 4.63. The predicted octanol–water partition coefficient (Wildman–Crippen LogP) is 1.80. The van der Waals surface area contributed by atoms with Crippen molar-refractivity contribution in [3.05, 3.63) is 0 Å². The van der Waals surface area contributed by atoms with Gasteiger partial charge in [-0.25, -0.2) is 0 Å². The molecule has 0 aliphatic rings. The van der Waals surface area contributed by atoms with E-state index in [9.17, 15) is 71.6 Å². The summed E-state index contributed by atoms with van der Waals surface area (Å²) in [4.78, 5) is 35.4. The highest BCUT2D eigenvalue weighted by molar-refractivity contribution is 7.52. The number of hydrogen-bond donors (Lipinski definition) is 2. The van der Waals surface area contributed by atoms with E-state index in [1.807, 2.05) is 0 Å². The van der Waals surface area contributed by atoms with Crippen molar-refractivity contribution in [2.24, 2.45) is 0 Å². The van der Waals surface area contributed by atoms with E-state index in [0.717, 1.165) is 0 Å². The fourth-order valence-corrected chi connectivity index (χ4v) is 2.12. The van der Waals surface area contributed by atoms with Crippen LogP contribution in [0.4, 0.5) is 52.7 Å². The third kappa shape index (κ3) is 3.03. The topological polar surface area (TPSA) is 121 Å². The summed E-state index contributed by atoms with van der Waals surface area (Å²) in [5.74, 6) is -33.2. The van der Waals surface area contributed by atoms with Gasteiger partial charge in [0.2, 0.25) is 15.2 Å². The molecule has 0 aliphatic carbocycles. The fraction of sp³-hybridized carbons (Fsp3) is 1.00. The minimum atomic E-state index is -8.41. The minimum absolute atomic E-state index is 7.60. The molecule has 0 aromatic rings. The minimum Gasteiger partial charge on any atom is -0.774 e. The lowest BCUT2D eigenvalue weighted by Gasteiger charge is -2.43. The van der Waals surface area contributed by atoms with Crippen molar-refractivity contribution in [1.29, 1.82) is 0 Å². The van der Waals surface area contributed by atoms with Crippen LogP contribution in [0.25, 0.3) is 0 Å². The van der Waals surface area contributed by atoms with Crippen molar-refractivity contribution in [3.63, 3.8) is 0 Å². The van der Waals surface area contributed by atoms with Crippen LogP contribution in [-0.2, 0) is 9.13 Å². The quantitative estimate of drug-likeness (QED) is 0.442. The Morgan fingerprint density at radius 1 is 0.500 bits per heavy atom. The van der Waals surface area contributed by atoms with Crippen LogP contribution < -0.4 is 9.79 Å². The maximum Gasteiger partial charge on any atom is 0.386 e. The highest BCUT2D eigenvalue weighted by Crippen LogP contribution is 2.69. The van der Waals surface area contributed by atoms with Gasteiger partial charge in [0.15, 0.2) is 0 Å². The van der Waals surface area contributed by atoms with Gasteiger partial charge >= 0.3 is 35.0 Å². The predicted molar refractivity (Wildman–Crippen MR) is 49.3 cm³/mol. The van der Waals surface area contributed by atoms with Gasteiger partial charge in [-0.15, -0.1) is 0 Å². The Labute approximate surface area is 133 Å². The van der Waals surface area contributed by atoms with E-state index in [0.29, 0.717) is 0 Å². The number of halogens is 12. The standard InChI is InChI=1S/C6H4F12O6P2/c7-1(8,3(11,12)5(15,16)25(19,20)21)2(9,10)4(13,14)6(17,18)26(22,23)24/h(H2,19,20,21)(H2,22,23,24)/p-2. The van der Waals surface area contributed by atoms with E-state index >= 15 is 0 Å². The highest BCUT2D eigenvalue weighted by Gasteiger charge is 2.92. The Balaban J connectivity index is 6.71. The second-order valence-corrected chi connectivity index (χ2v) is 7.63. The van der Waals surface area contributed by atoms with Crippen LogP contribution in [0.2, 0.25) is 0 Å². The molecule has 0 rings (SSSR count). The molecular weight excluding hydrogens is 458 g/mol. The van der Waals surface area contributed by atoms with Crippen LogP contribution in [0.15, 0.2) is 0 Å². The Kier molecular flexibility index (Phi) is 5.85. The zero-order valence-electron chi connectivity index (χ0n) is 11.0. The molecule has 0 saturated carbocycles. The van der Waals surface area contributed by atoms with Crippen LogP contribution in [0.5, 0.6) is 0 Å². The summed E-state index contributed by atoms with van der Waals surface area (Å²) in [6, 6.07) is 0. The molecule has 0 amide bonds. The average molecular weight is 460 g/mol. The third-order valence-electron chi connectivity index (χ3n) is 2.65. The number of rotatable bonds is 7. The van der Waals surface area contributed by atoms with Crippen LogP contribution >= 0.6 is 15.2 Å². The van der Waals surface area contributed by atoms with Gasteiger partial charge in [0.25, 0.3) is 0 Å². The van der Waals surface area contributed by atoms with Crippen LogP contribution in [-0.4, -0.2) is 44.8 Å². The maximum absolute atomic E-state index is 13.0.